The number of morpholine rings is 1. The summed E-state index contributed by atoms with van der Waals surface area (Å²) in [6.07, 6.45) is 27.3. The Hall–Kier alpha value is -15.9. The largest absolute Gasteiger partial charge is 0.378 e. The second-order valence-corrected chi connectivity index (χ2v) is 37.6. The number of carbonyl (C=O) groups excluding carboxylic acids is 4. The summed E-state index contributed by atoms with van der Waals surface area (Å²) in [5.41, 5.74) is 18.9. The molecular weight excluding hydrogens is 1850 g/mol. The molecule has 20 rings (SSSR count). The van der Waals surface area contributed by atoms with E-state index in [1.54, 1.807) is 43.2 Å². The highest BCUT2D eigenvalue weighted by Crippen LogP contribution is 2.36. The van der Waals surface area contributed by atoms with Gasteiger partial charge in [-0.15, -0.1) is 0 Å². The molecular formula is C107H124F2N32O5. The van der Waals surface area contributed by atoms with Crippen LogP contribution >= 0.6 is 0 Å². The average molecular weight is 1980 g/mol. The summed E-state index contributed by atoms with van der Waals surface area (Å²) < 4.78 is 32.5. The summed E-state index contributed by atoms with van der Waals surface area (Å²) in [6, 6.07) is 46.8. The van der Waals surface area contributed by atoms with Crippen molar-refractivity contribution in [1.82, 2.24) is 105 Å². The molecule has 16 heterocycles. The first-order chi connectivity index (χ1) is 70.9. The zero-order chi connectivity index (χ0) is 101. The highest BCUT2D eigenvalue weighted by molar-refractivity contribution is 6.15. The van der Waals surface area contributed by atoms with Gasteiger partial charge in [-0.1, -0.05) is 24.3 Å². The Bertz CT molecular complexity index is 6860. The summed E-state index contributed by atoms with van der Waals surface area (Å²) in [6.45, 7) is 15.4. The van der Waals surface area contributed by atoms with E-state index in [0.29, 0.717) is 64.9 Å². The van der Waals surface area contributed by atoms with Crippen molar-refractivity contribution in [3.8, 4) is 44.5 Å². The maximum Gasteiger partial charge on any atom is 0.276 e. The van der Waals surface area contributed by atoms with Crippen LogP contribution in [-0.4, -0.2) is 309 Å². The fraction of sp³-hybridized carbons (Fsp3) is 0.327. The van der Waals surface area contributed by atoms with Crippen molar-refractivity contribution in [3.63, 3.8) is 0 Å². The number of aromatic amines is 4. The first-order valence-corrected chi connectivity index (χ1v) is 49.3. The molecule has 4 fully saturated rings. The van der Waals surface area contributed by atoms with Crippen LogP contribution in [0, 0.1) is 0 Å². The van der Waals surface area contributed by atoms with Crippen molar-refractivity contribution in [3.05, 3.63) is 248 Å². The van der Waals surface area contributed by atoms with Gasteiger partial charge < -0.3 is 81.6 Å². The SMILES string of the molecule is CN(C)CCNc1ccc(NC(=O)c2n[nH]c3ccc(-c4cncc(CN5CCC(F)(F)CC5)c4)cc23)cn1.CN(C)CCNc1ccc(NC(=O)c2n[nH]c3ccc(-c4cncc(N5CCCC5)c4)cc23)cn1.CN(C)CCNc1ccc(NC(=O)c2n[nH]c3ccc(-c4cncc(N5CCCCC5)c4)cc23)cn1.CN(C)CCNc1ccc(NC(=O)c2n[nH]c3ccc(-c4cncc(N5CCOCC5)c4)cc23)cn1. The second kappa shape index (κ2) is 48.4. The van der Waals surface area contributed by atoms with Crippen molar-refractivity contribution in [2.45, 2.75) is 57.4 Å². The van der Waals surface area contributed by atoms with Crippen LogP contribution < -0.4 is 57.2 Å². The van der Waals surface area contributed by atoms with Gasteiger partial charge >= 0.3 is 0 Å². The third-order valence-corrected chi connectivity index (χ3v) is 25.5. The molecule has 16 aromatic rings. The lowest BCUT2D eigenvalue weighted by molar-refractivity contribution is -0.0566. The van der Waals surface area contributed by atoms with E-state index in [1.165, 1.54) is 32.1 Å². The fourth-order valence-corrected chi connectivity index (χ4v) is 17.4. The lowest BCUT2D eigenvalue weighted by atomic mass is 10.0. The van der Waals surface area contributed by atoms with Gasteiger partial charge in [0.05, 0.1) is 118 Å². The van der Waals surface area contributed by atoms with Crippen LogP contribution in [0.5, 0.6) is 0 Å². The Morgan fingerprint density at radius 3 is 0.911 bits per heavy atom. The Kier molecular flexibility index (Phi) is 33.7. The number of hydrogen-bond acceptors (Lipinski definition) is 29. The maximum absolute atomic E-state index is 13.5. The zero-order valence-corrected chi connectivity index (χ0v) is 83.4. The van der Waals surface area contributed by atoms with Crippen LogP contribution in [0.2, 0.25) is 0 Å². The number of likely N-dealkylation sites (tertiary alicyclic amines) is 1. The number of alkyl halides is 2. The number of piperidine rings is 2. The number of halogens is 2. The number of ether oxygens (including phenoxy) is 1. The Morgan fingerprint density at radius 1 is 0.329 bits per heavy atom. The van der Waals surface area contributed by atoms with Gasteiger partial charge in [0, 0.05) is 199 Å². The average Bonchev–Trinajstić information content (AvgIpc) is 1.64. The van der Waals surface area contributed by atoms with E-state index in [1.807, 2.05) is 220 Å². The van der Waals surface area contributed by atoms with Crippen LogP contribution in [0.3, 0.4) is 0 Å². The van der Waals surface area contributed by atoms with Crippen LogP contribution in [0.4, 0.5) is 71.9 Å². The molecule has 0 unspecified atom stereocenters. The van der Waals surface area contributed by atoms with E-state index in [2.05, 4.69) is 176 Å². The molecule has 0 aliphatic carbocycles. The number of pyridine rings is 8. The number of carbonyl (C=O) groups is 4. The van der Waals surface area contributed by atoms with E-state index < -0.39 is 5.92 Å². The van der Waals surface area contributed by atoms with E-state index in [0.717, 1.165) is 233 Å². The van der Waals surface area contributed by atoms with Gasteiger partial charge in [-0.25, -0.2) is 28.7 Å². The van der Waals surface area contributed by atoms with Crippen molar-refractivity contribution < 1.29 is 32.7 Å². The number of benzene rings is 4. The number of nitrogens with one attached hydrogen (secondary N) is 12. The number of aromatic nitrogens is 16. The number of likely N-dealkylation sites (N-methyl/N-ethyl adjacent to an activating group) is 4. The molecule has 0 atom stereocenters. The summed E-state index contributed by atoms with van der Waals surface area (Å²) in [4.78, 5) is 105. The number of hydrogen-bond donors (Lipinski definition) is 12. The highest BCUT2D eigenvalue weighted by Gasteiger charge is 2.34. The molecule has 0 saturated carbocycles. The lowest BCUT2D eigenvalue weighted by Gasteiger charge is -2.31. The van der Waals surface area contributed by atoms with Crippen LogP contribution in [-0.2, 0) is 11.3 Å². The van der Waals surface area contributed by atoms with E-state index >= 15 is 0 Å². The van der Waals surface area contributed by atoms with Crippen LogP contribution in [0.15, 0.2) is 220 Å². The lowest BCUT2D eigenvalue weighted by Crippen LogP contribution is -2.38. The third kappa shape index (κ3) is 27.3. The predicted octanol–water partition coefficient (Wildman–Crippen LogP) is 15.6. The molecule has 12 aromatic heterocycles. The number of fused-ring (bicyclic) bond motifs is 4. The Morgan fingerprint density at radius 2 is 0.616 bits per heavy atom. The molecule has 4 amide bonds. The molecule has 4 aromatic carbocycles. The standard InChI is InChI=1S/C28H32F2N8O.C27H32N8O.C26H30N8O2.C26H30N8O/c1-37(2)12-9-32-25-6-4-22(17-33-25)34-27(39)26-23-14-20(3-5-24(23)35-36-26)21-13-19(15-31-16-21)18-38-10-7-28(29,30)8-11-38;1-34(2)13-10-29-25-9-7-21(17-30-25)31-27(36)26-23-15-19(6-8-24(23)32-33-26)20-14-22(18-28-16-20)35-11-4-3-5-12-35;1-33(2)8-7-28-24-6-4-20(16-29-24)30-26(35)25-22-14-18(3-5-23(22)31-32-25)19-13-21(17-27-15-19)34-9-11-36-12-10-34;1-33(2)12-9-28-24-8-6-20(16-29-24)30-26(35)25-22-14-18(5-7-23(22)31-32-25)19-13-21(17-27-15-19)34-10-3-4-11-34/h3-6,13-17H,7-12,18H2,1-2H3,(H,32,33)(H,34,39)(H,35,36);6-9,14-18H,3-5,10-13H2,1-2H3,(H,29,30)(H,31,36)(H,32,33);3-6,13-17H,7-12H2,1-2H3,(H,28,29)(H,30,35)(H,31,32);5-8,13-17H,3-4,9-12H2,1-2H3,(H,28,29)(H,30,35)(H,31,32). The molecule has 39 heteroatoms. The monoisotopic (exact) mass is 1980 g/mol. The molecule has 4 aliphatic rings. The topological polar surface area (TPSA) is 418 Å². The number of H-pyrrole nitrogens is 4. The molecule has 12 N–H and O–H groups in total. The smallest absolute Gasteiger partial charge is 0.276 e. The van der Waals surface area contributed by atoms with Gasteiger partial charge in [0.1, 0.15) is 23.3 Å². The second-order valence-electron chi connectivity index (χ2n) is 37.6. The highest BCUT2D eigenvalue weighted by atomic mass is 19.3. The minimum atomic E-state index is -2.57. The molecule has 0 radical (unpaired) electrons. The molecule has 4 saturated heterocycles. The van der Waals surface area contributed by atoms with Gasteiger partial charge in [0.25, 0.3) is 29.6 Å². The van der Waals surface area contributed by atoms with E-state index in [4.69, 9.17) is 4.74 Å². The van der Waals surface area contributed by atoms with E-state index in [-0.39, 0.29) is 42.2 Å². The summed E-state index contributed by atoms with van der Waals surface area (Å²) in [5, 5.41) is 56.5. The van der Waals surface area contributed by atoms with Crippen LogP contribution in [0.1, 0.15) is 92.5 Å². The number of nitrogens with zero attached hydrogens (tertiary/aromatic N) is 20. The minimum Gasteiger partial charge on any atom is -0.378 e. The molecule has 0 spiro atoms. The number of amides is 4. The van der Waals surface area contributed by atoms with Gasteiger partial charge in [-0.2, -0.15) is 20.4 Å². The van der Waals surface area contributed by atoms with Crippen molar-refractivity contribution >= 4 is 130 Å². The normalized spacial score (nSPS) is 14.2. The van der Waals surface area contributed by atoms with Crippen molar-refractivity contribution in [1.29, 1.82) is 0 Å². The summed E-state index contributed by atoms with van der Waals surface area (Å²) in [5.74, 6) is -0.744. The first-order valence-electron chi connectivity index (χ1n) is 49.3. The molecule has 756 valence electrons. The number of rotatable bonds is 33. The molecule has 0 bridgehead atoms. The molecule has 4 aliphatic heterocycles. The summed E-state index contributed by atoms with van der Waals surface area (Å²) >= 11 is 0. The van der Waals surface area contributed by atoms with Crippen LogP contribution in [0.25, 0.3) is 88.1 Å². The molecule has 37 nitrogen and oxygen atoms in total. The van der Waals surface area contributed by atoms with Gasteiger partial charge in [0.2, 0.25) is 0 Å². The maximum atomic E-state index is 13.5. The first kappa shape index (κ1) is 102. The third-order valence-electron chi connectivity index (χ3n) is 25.5. The predicted molar refractivity (Wildman–Crippen MR) is 574 cm³/mol. The van der Waals surface area contributed by atoms with Crippen molar-refractivity contribution in [2.24, 2.45) is 0 Å². The van der Waals surface area contributed by atoms with Gasteiger partial charge in [-0.05, 0) is 238 Å². The fourth-order valence-electron chi connectivity index (χ4n) is 17.4. The Labute approximate surface area is 845 Å². The zero-order valence-electron chi connectivity index (χ0n) is 83.4. The van der Waals surface area contributed by atoms with Crippen molar-refractivity contribution in [2.75, 3.05) is 232 Å². The van der Waals surface area contributed by atoms with Gasteiger partial charge in [-0.3, -0.25) is 64.4 Å². The minimum absolute atomic E-state index is 0.115. The quantitative estimate of drug-likeness (QED) is 0.0182. The molecule has 146 heavy (non-hydrogen) atoms. The number of anilines is 11. The van der Waals surface area contributed by atoms with E-state index in [9.17, 15) is 28.0 Å². The van der Waals surface area contributed by atoms with Gasteiger partial charge in [0.15, 0.2) is 22.8 Å². The Balaban J connectivity index is 0.000000133. The summed E-state index contributed by atoms with van der Waals surface area (Å²) in [7, 11) is 16.2.